The lowest BCUT2D eigenvalue weighted by Gasteiger charge is -2.39. The van der Waals surface area contributed by atoms with Gasteiger partial charge >= 0.3 is 0 Å². The highest BCUT2D eigenvalue weighted by Crippen LogP contribution is 2.40. The first-order valence-corrected chi connectivity index (χ1v) is 13.2. The Kier molecular flexibility index (Phi) is 6.52. The van der Waals surface area contributed by atoms with Gasteiger partial charge in [0.1, 0.15) is 18.2 Å². The van der Waals surface area contributed by atoms with Crippen molar-refractivity contribution in [1.29, 1.82) is 0 Å². The van der Waals surface area contributed by atoms with E-state index in [4.69, 9.17) is 10.5 Å². The molecule has 33 heavy (non-hydrogen) atoms. The molecule has 1 aliphatic carbocycles. The third-order valence-electron chi connectivity index (χ3n) is 7.58. The smallest absolute Gasteiger partial charge is 0.249 e. The second kappa shape index (κ2) is 9.55. The third kappa shape index (κ3) is 4.58. The minimum atomic E-state index is -0.404. The number of anilines is 1. The molecule has 0 aromatic heterocycles. The number of rotatable bonds is 8. The highest BCUT2D eigenvalue weighted by atomic mass is 32.2. The standard InChI is InChI=1S/C26H32FN3O2S/c1-33-24-10-7-19(26(28)31)21-12-18(14-32-25(21)24)30-22(15-3-2-4-15)8-5-16-13-29-23-9-6-17(27)11-20(16)23/h6-7,9-11,15-16,18,22,29-30H,2-5,8,12-14H2,1H3,(H2,28,31). The Morgan fingerprint density at radius 1 is 1.33 bits per heavy atom. The van der Waals surface area contributed by atoms with Crippen molar-refractivity contribution in [3.05, 3.63) is 52.8 Å². The summed E-state index contributed by atoms with van der Waals surface area (Å²) in [6, 6.07) is 9.35. The van der Waals surface area contributed by atoms with Gasteiger partial charge in [-0.2, -0.15) is 0 Å². The summed E-state index contributed by atoms with van der Waals surface area (Å²) in [7, 11) is 0. The van der Waals surface area contributed by atoms with Crippen LogP contribution in [-0.2, 0) is 6.42 Å². The maximum absolute atomic E-state index is 13.8. The van der Waals surface area contributed by atoms with Crippen molar-refractivity contribution in [2.75, 3.05) is 24.7 Å². The molecule has 3 aliphatic rings. The lowest BCUT2D eigenvalue weighted by atomic mass is 9.76. The maximum atomic E-state index is 13.8. The summed E-state index contributed by atoms with van der Waals surface area (Å²) in [5.74, 6) is 1.25. The van der Waals surface area contributed by atoms with Crippen molar-refractivity contribution in [2.45, 2.75) is 61.4 Å². The van der Waals surface area contributed by atoms with Gasteiger partial charge in [-0.15, -0.1) is 11.8 Å². The van der Waals surface area contributed by atoms with E-state index in [1.54, 1.807) is 17.8 Å². The molecule has 2 aromatic rings. The molecule has 5 rings (SSSR count). The van der Waals surface area contributed by atoms with Gasteiger partial charge in [-0.3, -0.25) is 4.79 Å². The van der Waals surface area contributed by atoms with E-state index in [1.165, 1.54) is 25.3 Å². The topological polar surface area (TPSA) is 76.4 Å². The van der Waals surface area contributed by atoms with E-state index in [0.717, 1.165) is 53.3 Å². The minimum absolute atomic E-state index is 0.143. The Balaban J connectivity index is 1.28. The fourth-order valence-electron chi connectivity index (χ4n) is 5.57. The Bertz CT molecular complexity index is 1040. The summed E-state index contributed by atoms with van der Waals surface area (Å²) in [6.45, 7) is 1.46. The first kappa shape index (κ1) is 22.5. The molecule has 0 saturated heterocycles. The number of carbonyl (C=O) groups excluding carboxylic acids is 1. The van der Waals surface area contributed by atoms with E-state index in [0.29, 0.717) is 30.0 Å². The summed E-state index contributed by atoms with van der Waals surface area (Å²) in [6.07, 6.45) is 8.61. The van der Waals surface area contributed by atoms with Crippen LogP contribution >= 0.6 is 11.8 Å². The highest BCUT2D eigenvalue weighted by Gasteiger charge is 2.33. The molecule has 0 bridgehead atoms. The largest absolute Gasteiger partial charge is 0.490 e. The number of thioether (sulfide) groups is 1. The van der Waals surface area contributed by atoms with Gasteiger partial charge < -0.3 is 21.1 Å². The van der Waals surface area contributed by atoms with Crippen molar-refractivity contribution >= 4 is 23.4 Å². The Labute approximate surface area is 199 Å². The average Bonchev–Trinajstić information content (AvgIpc) is 3.17. The normalized spacial score (nSPS) is 22.5. The molecule has 3 unspecified atom stereocenters. The second-order valence-electron chi connectivity index (χ2n) is 9.55. The van der Waals surface area contributed by atoms with Gasteiger partial charge in [-0.25, -0.2) is 4.39 Å². The maximum Gasteiger partial charge on any atom is 0.249 e. The SMILES string of the molecule is CSc1ccc(C(N)=O)c2c1OCC(NC(CCC1CNc3ccc(F)cc31)C1CCC1)C2. The third-order valence-corrected chi connectivity index (χ3v) is 8.34. The Morgan fingerprint density at radius 2 is 2.18 bits per heavy atom. The zero-order valence-corrected chi connectivity index (χ0v) is 19.8. The Hall–Kier alpha value is -2.25. The molecule has 0 spiro atoms. The molecule has 5 nitrogen and oxygen atoms in total. The zero-order chi connectivity index (χ0) is 22.9. The lowest BCUT2D eigenvalue weighted by molar-refractivity contribution is 0.0996. The number of benzene rings is 2. The van der Waals surface area contributed by atoms with Gasteiger partial charge in [-0.05, 0) is 80.2 Å². The van der Waals surface area contributed by atoms with Crippen molar-refractivity contribution in [3.8, 4) is 5.75 Å². The quantitative estimate of drug-likeness (QED) is 0.489. The van der Waals surface area contributed by atoms with Gasteiger partial charge in [0.2, 0.25) is 5.91 Å². The molecule has 1 fully saturated rings. The first-order valence-electron chi connectivity index (χ1n) is 11.9. The van der Waals surface area contributed by atoms with Crippen LogP contribution < -0.4 is 21.1 Å². The summed E-state index contributed by atoms with van der Waals surface area (Å²) in [4.78, 5) is 13.1. The van der Waals surface area contributed by atoms with Crippen LogP contribution in [0.5, 0.6) is 5.75 Å². The van der Waals surface area contributed by atoms with Gasteiger partial charge in [0, 0.05) is 46.3 Å². The zero-order valence-electron chi connectivity index (χ0n) is 19.0. The minimum Gasteiger partial charge on any atom is -0.490 e. The van der Waals surface area contributed by atoms with Gasteiger partial charge in [0.05, 0.1) is 0 Å². The van der Waals surface area contributed by atoms with Crippen LogP contribution in [0.25, 0.3) is 0 Å². The number of nitrogens with one attached hydrogen (secondary N) is 2. The van der Waals surface area contributed by atoms with Crippen molar-refractivity contribution in [2.24, 2.45) is 11.7 Å². The molecule has 4 N–H and O–H groups in total. The monoisotopic (exact) mass is 469 g/mol. The average molecular weight is 470 g/mol. The van der Waals surface area contributed by atoms with Crippen LogP contribution in [0.15, 0.2) is 35.2 Å². The second-order valence-corrected chi connectivity index (χ2v) is 10.4. The van der Waals surface area contributed by atoms with Gasteiger partial charge in [-0.1, -0.05) is 6.42 Å². The number of ether oxygens (including phenoxy) is 1. The molecule has 1 amide bonds. The molecule has 2 heterocycles. The molecule has 2 aromatic carbocycles. The van der Waals surface area contributed by atoms with E-state index >= 15 is 0 Å². The summed E-state index contributed by atoms with van der Waals surface area (Å²) < 4.78 is 20.0. The number of halogens is 1. The molecular formula is C26H32FN3O2S. The fraction of sp³-hybridized carbons (Fsp3) is 0.500. The summed E-state index contributed by atoms with van der Waals surface area (Å²) in [5, 5.41) is 7.31. The van der Waals surface area contributed by atoms with Crippen molar-refractivity contribution in [3.63, 3.8) is 0 Å². The predicted molar refractivity (Wildman–Crippen MR) is 131 cm³/mol. The fourth-order valence-corrected chi connectivity index (χ4v) is 6.14. The van der Waals surface area contributed by atoms with Gasteiger partial charge in [0.15, 0.2) is 0 Å². The van der Waals surface area contributed by atoms with Crippen LogP contribution in [0.3, 0.4) is 0 Å². The first-order chi connectivity index (χ1) is 16.0. The van der Waals surface area contributed by atoms with Crippen LogP contribution in [0.4, 0.5) is 10.1 Å². The predicted octanol–water partition coefficient (Wildman–Crippen LogP) is 4.70. The summed E-state index contributed by atoms with van der Waals surface area (Å²) >= 11 is 1.62. The molecule has 2 aliphatic heterocycles. The van der Waals surface area contributed by atoms with Crippen LogP contribution in [0.1, 0.15) is 59.5 Å². The number of fused-ring (bicyclic) bond motifs is 2. The summed E-state index contributed by atoms with van der Waals surface area (Å²) in [5.41, 5.74) is 9.32. The number of nitrogens with two attached hydrogens (primary N) is 1. The number of amides is 1. The van der Waals surface area contributed by atoms with Crippen LogP contribution in [0.2, 0.25) is 0 Å². The van der Waals surface area contributed by atoms with E-state index in [2.05, 4.69) is 10.6 Å². The van der Waals surface area contributed by atoms with E-state index in [9.17, 15) is 9.18 Å². The highest BCUT2D eigenvalue weighted by molar-refractivity contribution is 7.98. The van der Waals surface area contributed by atoms with E-state index in [1.807, 2.05) is 24.5 Å². The molecule has 7 heteroatoms. The lowest BCUT2D eigenvalue weighted by Crippen LogP contribution is -2.49. The van der Waals surface area contributed by atoms with Crippen LogP contribution in [-0.4, -0.2) is 37.4 Å². The van der Waals surface area contributed by atoms with Crippen molar-refractivity contribution in [1.82, 2.24) is 5.32 Å². The number of hydrogen-bond donors (Lipinski definition) is 3. The van der Waals surface area contributed by atoms with E-state index in [-0.39, 0.29) is 11.9 Å². The molecule has 3 atom stereocenters. The van der Waals surface area contributed by atoms with Gasteiger partial charge in [0.25, 0.3) is 0 Å². The molecular weight excluding hydrogens is 437 g/mol. The van der Waals surface area contributed by atoms with Crippen molar-refractivity contribution < 1.29 is 13.9 Å². The number of carbonyl (C=O) groups is 1. The number of hydrogen-bond acceptors (Lipinski definition) is 5. The number of primary amides is 1. The van der Waals surface area contributed by atoms with Crippen LogP contribution in [0, 0.1) is 11.7 Å². The molecule has 1 saturated carbocycles. The molecule has 176 valence electrons. The Morgan fingerprint density at radius 3 is 2.91 bits per heavy atom. The van der Waals surface area contributed by atoms with E-state index < -0.39 is 5.91 Å². The molecule has 0 radical (unpaired) electrons.